The Bertz CT molecular complexity index is 552. The van der Waals surface area contributed by atoms with Gasteiger partial charge in [0.1, 0.15) is 11.6 Å². The highest BCUT2D eigenvalue weighted by Crippen LogP contribution is 2.24. The van der Waals surface area contributed by atoms with E-state index in [1.165, 1.54) is 12.1 Å². The van der Waals surface area contributed by atoms with Crippen molar-refractivity contribution in [3.63, 3.8) is 0 Å². The topological polar surface area (TPSA) is 63.9 Å². The molecule has 1 aromatic heterocycles. The van der Waals surface area contributed by atoms with Crippen molar-refractivity contribution < 1.29 is 13.5 Å². The summed E-state index contributed by atoms with van der Waals surface area (Å²) in [6.07, 6.45) is 1.68. The lowest BCUT2D eigenvalue weighted by atomic mass is 10.1. The number of halogens is 2. The van der Waals surface area contributed by atoms with E-state index in [2.05, 4.69) is 14.7 Å². The summed E-state index contributed by atoms with van der Waals surface area (Å²) in [5, 5.41) is 0. The van der Waals surface area contributed by atoms with Crippen LogP contribution in [0.25, 0.3) is 11.3 Å². The van der Waals surface area contributed by atoms with Gasteiger partial charge in [-0.25, -0.2) is 4.98 Å². The number of hydrogen-bond donors (Lipinski definition) is 2. The molecule has 0 fully saturated rings. The first kappa shape index (κ1) is 14.5. The van der Waals surface area contributed by atoms with Gasteiger partial charge in [-0.2, -0.15) is 8.78 Å². The van der Waals surface area contributed by atoms with Crippen LogP contribution in [0, 0.1) is 5.92 Å². The maximum absolute atomic E-state index is 12.1. The van der Waals surface area contributed by atoms with E-state index in [0.717, 1.165) is 11.3 Å². The van der Waals surface area contributed by atoms with Crippen LogP contribution >= 0.6 is 0 Å². The summed E-state index contributed by atoms with van der Waals surface area (Å²) in [5.41, 5.74) is 7.64. The van der Waals surface area contributed by atoms with Gasteiger partial charge >= 0.3 is 6.61 Å². The highest BCUT2D eigenvalue weighted by Gasteiger charge is 2.14. The number of rotatable bonds is 5. The number of benzene rings is 1. The Morgan fingerprint density at radius 2 is 1.85 bits per heavy atom. The average molecular weight is 281 g/mol. The van der Waals surface area contributed by atoms with Gasteiger partial charge in [-0.3, -0.25) is 0 Å². The molecule has 0 bridgehead atoms. The van der Waals surface area contributed by atoms with E-state index in [9.17, 15) is 8.78 Å². The van der Waals surface area contributed by atoms with Crippen molar-refractivity contribution in [2.45, 2.75) is 26.5 Å². The van der Waals surface area contributed by atoms with Crippen molar-refractivity contribution in [1.29, 1.82) is 0 Å². The smallest absolute Gasteiger partial charge is 0.387 e. The van der Waals surface area contributed by atoms with E-state index >= 15 is 0 Å². The summed E-state index contributed by atoms with van der Waals surface area (Å²) in [4.78, 5) is 7.40. The third kappa shape index (κ3) is 3.33. The maximum atomic E-state index is 12.1. The molecule has 1 atom stereocenters. The summed E-state index contributed by atoms with van der Waals surface area (Å²) in [5.74, 6) is 1.11. The molecular formula is C14H17F2N3O. The minimum Gasteiger partial charge on any atom is -0.435 e. The van der Waals surface area contributed by atoms with Crippen LogP contribution in [0.15, 0.2) is 30.5 Å². The van der Waals surface area contributed by atoms with Crippen LogP contribution < -0.4 is 10.5 Å². The molecule has 2 aromatic rings. The number of aromatic nitrogens is 2. The predicted molar refractivity (Wildman–Crippen MR) is 72.4 cm³/mol. The molecule has 3 N–H and O–H groups in total. The molecule has 1 unspecified atom stereocenters. The SMILES string of the molecule is CC(C)C(N)c1ncc(-c2ccc(OC(F)F)cc2)[nH]1. The third-order valence-electron chi connectivity index (χ3n) is 3.02. The van der Waals surface area contributed by atoms with Crippen molar-refractivity contribution in [3.8, 4) is 17.0 Å². The van der Waals surface area contributed by atoms with E-state index in [1.807, 2.05) is 13.8 Å². The Labute approximate surface area is 116 Å². The number of aromatic amines is 1. The first-order valence-electron chi connectivity index (χ1n) is 6.33. The fraction of sp³-hybridized carbons (Fsp3) is 0.357. The molecule has 2 rings (SSSR count). The summed E-state index contributed by atoms with van der Waals surface area (Å²) in [6, 6.07) is 6.20. The van der Waals surface area contributed by atoms with E-state index < -0.39 is 6.61 Å². The van der Waals surface area contributed by atoms with E-state index in [1.54, 1.807) is 18.3 Å². The minimum absolute atomic E-state index is 0.127. The lowest BCUT2D eigenvalue weighted by molar-refractivity contribution is -0.0498. The highest BCUT2D eigenvalue weighted by molar-refractivity contribution is 5.59. The van der Waals surface area contributed by atoms with Crippen molar-refractivity contribution in [1.82, 2.24) is 9.97 Å². The Hall–Kier alpha value is -1.95. The van der Waals surface area contributed by atoms with Gasteiger partial charge in [0.15, 0.2) is 0 Å². The summed E-state index contributed by atoms with van der Waals surface area (Å²) >= 11 is 0. The number of imidazole rings is 1. The van der Waals surface area contributed by atoms with Gasteiger partial charge in [0.2, 0.25) is 0 Å². The second-order valence-electron chi connectivity index (χ2n) is 4.85. The molecular weight excluding hydrogens is 264 g/mol. The van der Waals surface area contributed by atoms with Crippen molar-refractivity contribution in [2.75, 3.05) is 0 Å². The molecule has 0 spiro atoms. The van der Waals surface area contributed by atoms with Gasteiger partial charge in [0.25, 0.3) is 0 Å². The Balaban J connectivity index is 2.16. The average Bonchev–Trinajstić information content (AvgIpc) is 2.87. The zero-order valence-corrected chi connectivity index (χ0v) is 11.3. The number of nitrogens with two attached hydrogens (primary N) is 1. The molecule has 0 aliphatic carbocycles. The van der Waals surface area contributed by atoms with Gasteiger partial charge < -0.3 is 15.5 Å². The normalized spacial score (nSPS) is 12.9. The largest absolute Gasteiger partial charge is 0.435 e. The standard InChI is InChI=1S/C14H17F2N3O/c1-8(2)12(17)13-18-7-11(19-13)9-3-5-10(6-4-9)20-14(15)16/h3-8,12,14H,17H2,1-2H3,(H,18,19). The highest BCUT2D eigenvalue weighted by atomic mass is 19.3. The van der Waals surface area contributed by atoms with Crippen LogP contribution in [-0.4, -0.2) is 16.6 Å². The zero-order valence-electron chi connectivity index (χ0n) is 11.3. The molecule has 1 aromatic carbocycles. The van der Waals surface area contributed by atoms with Crippen LogP contribution in [0.5, 0.6) is 5.75 Å². The van der Waals surface area contributed by atoms with E-state index in [-0.39, 0.29) is 17.7 Å². The minimum atomic E-state index is -2.82. The maximum Gasteiger partial charge on any atom is 0.387 e. The van der Waals surface area contributed by atoms with Crippen molar-refractivity contribution >= 4 is 0 Å². The molecule has 0 saturated carbocycles. The van der Waals surface area contributed by atoms with Crippen molar-refractivity contribution in [2.24, 2.45) is 11.7 Å². The number of nitrogens with one attached hydrogen (secondary N) is 1. The van der Waals surface area contributed by atoms with Crippen LogP contribution in [0.4, 0.5) is 8.78 Å². The summed E-state index contributed by atoms with van der Waals surface area (Å²) < 4.78 is 28.4. The van der Waals surface area contributed by atoms with E-state index in [4.69, 9.17) is 5.73 Å². The summed E-state index contributed by atoms with van der Waals surface area (Å²) in [6.45, 7) is 1.22. The molecule has 6 heteroatoms. The quantitative estimate of drug-likeness (QED) is 0.883. The molecule has 4 nitrogen and oxygen atoms in total. The van der Waals surface area contributed by atoms with Crippen LogP contribution in [0.3, 0.4) is 0 Å². The fourth-order valence-electron chi connectivity index (χ4n) is 1.78. The second-order valence-corrected chi connectivity index (χ2v) is 4.85. The van der Waals surface area contributed by atoms with E-state index in [0.29, 0.717) is 5.82 Å². The monoisotopic (exact) mass is 281 g/mol. The Kier molecular flexibility index (Phi) is 4.34. The number of H-pyrrole nitrogens is 1. The Morgan fingerprint density at radius 3 is 2.40 bits per heavy atom. The summed E-state index contributed by atoms with van der Waals surface area (Å²) in [7, 11) is 0. The fourth-order valence-corrected chi connectivity index (χ4v) is 1.78. The molecule has 0 aliphatic heterocycles. The first-order chi connectivity index (χ1) is 9.47. The van der Waals surface area contributed by atoms with Crippen LogP contribution in [0.1, 0.15) is 25.7 Å². The molecule has 0 saturated heterocycles. The molecule has 108 valence electrons. The van der Waals surface area contributed by atoms with Gasteiger partial charge in [0, 0.05) is 0 Å². The van der Waals surface area contributed by atoms with Gasteiger partial charge in [-0.1, -0.05) is 13.8 Å². The first-order valence-corrected chi connectivity index (χ1v) is 6.33. The number of hydrogen-bond acceptors (Lipinski definition) is 3. The van der Waals surface area contributed by atoms with Gasteiger partial charge in [-0.15, -0.1) is 0 Å². The molecule has 0 radical (unpaired) electrons. The predicted octanol–water partition coefficient (Wildman–Crippen LogP) is 3.33. The third-order valence-corrected chi connectivity index (χ3v) is 3.02. The molecule has 1 heterocycles. The molecule has 20 heavy (non-hydrogen) atoms. The van der Waals surface area contributed by atoms with Crippen LogP contribution in [0.2, 0.25) is 0 Å². The zero-order chi connectivity index (χ0) is 14.7. The Morgan fingerprint density at radius 1 is 1.20 bits per heavy atom. The van der Waals surface area contributed by atoms with Crippen LogP contribution in [-0.2, 0) is 0 Å². The number of nitrogens with zero attached hydrogens (tertiary/aromatic N) is 1. The second kappa shape index (κ2) is 6.00. The van der Waals surface area contributed by atoms with Gasteiger partial charge in [0.05, 0.1) is 17.9 Å². The molecule has 0 aliphatic rings. The van der Waals surface area contributed by atoms with Crippen molar-refractivity contribution in [3.05, 3.63) is 36.3 Å². The number of alkyl halides is 2. The molecule has 0 amide bonds. The lowest BCUT2D eigenvalue weighted by Crippen LogP contribution is -2.18. The number of ether oxygens (including phenoxy) is 1. The van der Waals surface area contributed by atoms with Gasteiger partial charge in [-0.05, 0) is 35.7 Å². The lowest BCUT2D eigenvalue weighted by Gasteiger charge is -2.12.